The third-order valence-corrected chi connectivity index (χ3v) is 11.1. The van der Waals surface area contributed by atoms with Crippen molar-refractivity contribution in [1.82, 2.24) is 15.2 Å². The van der Waals surface area contributed by atoms with Crippen LogP contribution in [0.25, 0.3) is 10.9 Å². The Morgan fingerprint density at radius 2 is 1.67 bits per heavy atom. The highest BCUT2D eigenvalue weighted by atomic mass is 16.6. The van der Waals surface area contributed by atoms with Gasteiger partial charge in [0.05, 0.1) is 53.1 Å². The summed E-state index contributed by atoms with van der Waals surface area (Å²) in [5, 5.41) is 12.4. The first-order valence-electron chi connectivity index (χ1n) is 17.7. The van der Waals surface area contributed by atoms with Crippen molar-refractivity contribution in [3.8, 4) is 23.0 Å². The lowest BCUT2D eigenvalue weighted by molar-refractivity contribution is -0.176. The Morgan fingerprint density at radius 1 is 0.923 bits per heavy atom. The molecule has 3 N–H and O–H groups in total. The van der Waals surface area contributed by atoms with Gasteiger partial charge in [0.2, 0.25) is 5.75 Å². The van der Waals surface area contributed by atoms with Crippen molar-refractivity contribution < 1.29 is 52.6 Å². The molecule has 0 bridgehead atoms. The van der Waals surface area contributed by atoms with Crippen LogP contribution in [0.5, 0.6) is 23.0 Å². The standard InChI is InChI=1S/C33H40N2O9.C5H9NO2/c1-38-19-7-8-20-21-9-10-35-16-18-13-27(44-32(36)17-11-25(39-2)30(41-4)26(12-17)40-3)31(42-5)28(33(37)43-6)22(18)15-24(35)29(21)34-23(20)14-19;7-5(8)4-2-1-3-6-4/h7-8,11-12,14,18,22,24,27-28,31,34H,9-10,13,15-16H2,1-6H3;4,6H,1-3H2,(H,7,8)/t18-,22+,24-,27-,28+,31+;4-/m10/s1. The van der Waals surface area contributed by atoms with Crippen LogP contribution in [-0.4, -0.2) is 113 Å². The quantitative estimate of drug-likeness (QED) is 0.272. The van der Waals surface area contributed by atoms with Crippen LogP contribution >= 0.6 is 0 Å². The van der Waals surface area contributed by atoms with Crippen LogP contribution in [-0.2, 0) is 30.2 Å². The average Bonchev–Trinajstić information content (AvgIpc) is 3.85. The Labute approximate surface area is 303 Å². The number of esters is 2. The fraction of sp³-hybridized carbons (Fsp3) is 0.553. The lowest BCUT2D eigenvalue weighted by Crippen LogP contribution is -2.58. The molecular weight excluding hydrogens is 674 g/mol. The molecule has 3 aliphatic heterocycles. The number of hydrogen-bond acceptors (Lipinski definition) is 12. The normalized spacial score (nSPS) is 26.5. The highest BCUT2D eigenvalue weighted by molar-refractivity contribution is 5.91. The molecule has 14 nitrogen and oxygen atoms in total. The predicted molar refractivity (Wildman–Crippen MR) is 189 cm³/mol. The smallest absolute Gasteiger partial charge is 0.338 e. The zero-order valence-corrected chi connectivity index (χ0v) is 30.6. The number of methoxy groups -OCH3 is 6. The molecule has 4 aliphatic rings. The predicted octanol–water partition coefficient (Wildman–Crippen LogP) is 3.99. The second kappa shape index (κ2) is 16.0. The van der Waals surface area contributed by atoms with Crippen molar-refractivity contribution >= 4 is 28.8 Å². The van der Waals surface area contributed by atoms with Crippen molar-refractivity contribution in [3.05, 3.63) is 47.2 Å². The molecule has 282 valence electrons. The number of carbonyl (C=O) groups is 3. The summed E-state index contributed by atoms with van der Waals surface area (Å²) in [6.45, 7) is 2.54. The number of aromatic amines is 1. The average molecular weight is 724 g/mol. The molecule has 2 aromatic carbocycles. The number of carbonyl (C=O) groups excluding carboxylic acids is 2. The number of aliphatic carboxylic acids is 1. The van der Waals surface area contributed by atoms with E-state index in [1.165, 1.54) is 45.1 Å². The molecule has 4 heterocycles. The number of nitrogens with one attached hydrogen (secondary N) is 2. The number of H-pyrrole nitrogens is 1. The molecule has 0 spiro atoms. The van der Waals surface area contributed by atoms with E-state index in [9.17, 15) is 14.4 Å². The number of rotatable bonds is 9. The maximum Gasteiger partial charge on any atom is 0.338 e. The Balaban J connectivity index is 0.000000514. The molecule has 7 atom stereocenters. The summed E-state index contributed by atoms with van der Waals surface area (Å²) in [5.74, 6) is -0.279. The molecule has 52 heavy (non-hydrogen) atoms. The van der Waals surface area contributed by atoms with Crippen molar-refractivity contribution in [2.45, 2.75) is 56.4 Å². The van der Waals surface area contributed by atoms with Crippen molar-refractivity contribution in [3.63, 3.8) is 0 Å². The van der Waals surface area contributed by atoms with E-state index in [0.717, 1.165) is 56.6 Å². The molecule has 3 aromatic rings. The minimum absolute atomic E-state index is 0.0170. The van der Waals surface area contributed by atoms with Gasteiger partial charge >= 0.3 is 17.9 Å². The molecule has 0 radical (unpaired) electrons. The van der Waals surface area contributed by atoms with E-state index in [1.807, 2.05) is 12.1 Å². The molecule has 0 amide bonds. The molecule has 0 unspecified atom stereocenters. The fourth-order valence-electron chi connectivity index (χ4n) is 8.66. The summed E-state index contributed by atoms with van der Waals surface area (Å²) in [6, 6.07) is 9.13. The first-order chi connectivity index (χ1) is 25.1. The summed E-state index contributed by atoms with van der Waals surface area (Å²) < 4.78 is 39.1. The number of fused-ring (bicyclic) bond motifs is 6. The molecule has 7 rings (SSSR count). The summed E-state index contributed by atoms with van der Waals surface area (Å²) >= 11 is 0. The maximum atomic E-state index is 13.5. The van der Waals surface area contributed by atoms with Gasteiger partial charge in [-0.15, -0.1) is 0 Å². The van der Waals surface area contributed by atoms with Crippen LogP contribution in [0.4, 0.5) is 0 Å². The van der Waals surface area contributed by atoms with E-state index in [0.29, 0.717) is 23.7 Å². The van der Waals surface area contributed by atoms with Crippen molar-refractivity contribution in [1.29, 1.82) is 0 Å². The lowest BCUT2D eigenvalue weighted by Gasteiger charge is -2.52. The summed E-state index contributed by atoms with van der Waals surface area (Å²) in [6.07, 6.45) is 2.70. The minimum atomic E-state index is -0.720. The molecule has 1 aliphatic carbocycles. The van der Waals surface area contributed by atoms with Gasteiger partial charge in [0, 0.05) is 42.9 Å². The van der Waals surface area contributed by atoms with Crippen LogP contribution in [0.1, 0.15) is 53.3 Å². The Hall–Kier alpha value is -4.53. The van der Waals surface area contributed by atoms with Gasteiger partial charge in [-0.1, -0.05) is 0 Å². The van der Waals surface area contributed by atoms with E-state index < -0.39 is 30.1 Å². The second-order valence-corrected chi connectivity index (χ2v) is 13.7. The number of hydrogen-bond donors (Lipinski definition) is 3. The zero-order valence-electron chi connectivity index (χ0n) is 30.6. The number of carboxylic acid groups (broad SMARTS) is 1. The van der Waals surface area contributed by atoms with Gasteiger partial charge in [0.15, 0.2) is 11.5 Å². The number of ether oxygens (including phenoxy) is 7. The van der Waals surface area contributed by atoms with Gasteiger partial charge < -0.3 is 48.6 Å². The summed E-state index contributed by atoms with van der Waals surface area (Å²) in [7, 11) is 9.10. The monoisotopic (exact) mass is 723 g/mol. The topological polar surface area (TPSA) is 167 Å². The second-order valence-electron chi connectivity index (χ2n) is 13.7. The number of aromatic nitrogens is 1. The van der Waals surface area contributed by atoms with Gasteiger partial charge in [-0.2, -0.15) is 0 Å². The first kappa shape index (κ1) is 37.2. The largest absolute Gasteiger partial charge is 0.497 e. The van der Waals surface area contributed by atoms with E-state index in [2.05, 4.69) is 21.3 Å². The van der Waals surface area contributed by atoms with Crippen LogP contribution < -0.4 is 24.3 Å². The van der Waals surface area contributed by atoms with E-state index in [-0.39, 0.29) is 35.5 Å². The molecule has 1 aromatic heterocycles. The third-order valence-electron chi connectivity index (χ3n) is 11.1. The van der Waals surface area contributed by atoms with Crippen molar-refractivity contribution in [2.24, 2.45) is 17.8 Å². The SMILES string of the molecule is COC(=O)[C@H]1[C@H]2C[C@@H]3c4[nH]c5cc(OC)ccc5c4CCN3C[C@H]2C[C@@H](OC(=O)c2cc(OC)c(OC)c(OC)c2)[C@@H]1OC.O=C(O)[C@@H]1CCCN1. The van der Waals surface area contributed by atoms with E-state index in [4.69, 9.17) is 38.3 Å². The molecular formula is C38H49N3O11. The molecule has 1 saturated carbocycles. The van der Waals surface area contributed by atoms with Gasteiger partial charge in [0.1, 0.15) is 24.0 Å². The van der Waals surface area contributed by atoms with Crippen molar-refractivity contribution in [2.75, 3.05) is 62.3 Å². The molecule has 14 heteroatoms. The Bertz CT molecular complexity index is 1740. The highest BCUT2D eigenvalue weighted by Gasteiger charge is 2.54. The van der Waals surface area contributed by atoms with Gasteiger partial charge in [-0.05, 0) is 80.3 Å². The molecule has 3 fully saturated rings. The first-order valence-corrected chi connectivity index (χ1v) is 17.7. The summed E-state index contributed by atoms with van der Waals surface area (Å²) in [5.41, 5.74) is 3.83. The van der Waals surface area contributed by atoms with Crippen LogP contribution in [0, 0.1) is 17.8 Å². The summed E-state index contributed by atoms with van der Waals surface area (Å²) in [4.78, 5) is 43.3. The Kier molecular flexibility index (Phi) is 11.5. The van der Waals surface area contributed by atoms with Crippen LogP contribution in [0.3, 0.4) is 0 Å². The Morgan fingerprint density at radius 3 is 2.25 bits per heavy atom. The van der Waals surface area contributed by atoms with E-state index in [1.54, 1.807) is 26.4 Å². The number of carboxylic acids is 1. The minimum Gasteiger partial charge on any atom is -0.497 e. The molecule has 2 saturated heterocycles. The van der Waals surface area contributed by atoms with Crippen LogP contribution in [0.15, 0.2) is 30.3 Å². The third kappa shape index (κ3) is 7.11. The highest BCUT2D eigenvalue weighted by Crippen LogP contribution is 2.51. The maximum absolute atomic E-state index is 13.5. The van der Waals surface area contributed by atoms with E-state index >= 15 is 0 Å². The van der Waals surface area contributed by atoms with Gasteiger partial charge in [-0.3, -0.25) is 14.5 Å². The zero-order chi connectivity index (χ0) is 37.1. The van der Waals surface area contributed by atoms with Gasteiger partial charge in [0.25, 0.3) is 0 Å². The number of piperidine rings is 1. The lowest BCUT2D eigenvalue weighted by atomic mass is 9.63. The fourth-order valence-corrected chi connectivity index (χ4v) is 8.66. The van der Waals surface area contributed by atoms with Gasteiger partial charge in [-0.25, -0.2) is 4.79 Å². The van der Waals surface area contributed by atoms with Crippen LogP contribution in [0.2, 0.25) is 0 Å². The number of benzene rings is 2. The number of nitrogens with zero attached hydrogens (tertiary/aromatic N) is 1.